The van der Waals surface area contributed by atoms with Gasteiger partial charge in [-0.05, 0) is 48.5 Å². The maximum atomic E-state index is 12.9. The molecule has 5 N–H and O–H groups in total. The summed E-state index contributed by atoms with van der Waals surface area (Å²) < 4.78 is 5.40. The molecule has 1 amide bonds. The number of carbonyl (C=O) groups is 2. The van der Waals surface area contributed by atoms with Crippen molar-refractivity contribution in [1.82, 2.24) is 15.1 Å². The van der Waals surface area contributed by atoms with Crippen molar-refractivity contribution >= 4 is 18.0 Å². The van der Waals surface area contributed by atoms with Crippen molar-refractivity contribution < 1.29 is 34.8 Å². The SMILES string of the molecule is CN1CCN(CCNC(=O)[C@@H](Cc2ccc(O)c(O)c2)OC(=O)/C=C/c2ccc(O)c(O)c2)CC1. The second kappa shape index (κ2) is 12.1. The molecule has 10 heteroatoms. The summed E-state index contributed by atoms with van der Waals surface area (Å²) in [5.41, 5.74) is 0.952. The highest BCUT2D eigenvalue weighted by Crippen LogP contribution is 2.26. The Labute approximate surface area is 203 Å². The van der Waals surface area contributed by atoms with Gasteiger partial charge in [-0.15, -0.1) is 0 Å². The van der Waals surface area contributed by atoms with Crippen LogP contribution < -0.4 is 5.32 Å². The highest BCUT2D eigenvalue weighted by molar-refractivity contribution is 5.90. The zero-order valence-corrected chi connectivity index (χ0v) is 19.6. The minimum atomic E-state index is -1.17. The Balaban J connectivity index is 1.63. The lowest BCUT2D eigenvalue weighted by Crippen LogP contribution is -2.48. The Morgan fingerprint density at radius 1 is 0.971 bits per heavy atom. The van der Waals surface area contributed by atoms with Crippen LogP contribution >= 0.6 is 0 Å². The molecule has 0 aliphatic carbocycles. The molecule has 1 aliphatic heterocycles. The fourth-order valence-corrected chi connectivity index (χ4v) is 3.61. The standard InChI is InChI=1S/C25H31N3O7/c1-27-10-12-28(13-11-27)9-8-26-25(34)23(16-18-3-6-20(30)22(32)15-18)35-24(33)7-4-17-2-5-19(29)21(31)14-17/h2-7,14-15,23,29-32H,8-13,16H2,1H3,(H,26,34)/b7-4+/t23-/m1/s1. The third-order valence-electron chi connectivity index (χ3n) is 5.75. The Morgan fingerprint density at radius 2 is 1.63 bits per heavy atom. The molecule has 0 aromatic heterocycles. The molecule has 188 valence electrons. The smallest absolute Gasteiger partial charge is 0.331 e. The van der Waals surface area contributed by atoms with Gasteiger partial charge in [-0.2, -0.15) is 0 Å². The molecule has 2 aromatic rings. The van der Waals surface area contributed by atoms with Gasteiger partial charge in [-0.1, -0.05) is 12.1 Å². The van der Waals surface area contributed by atoms with Crippen molar-refractivity contribution in [2.24, 2.45) is 0 Å². The van der Waals surface area contributed by atoms with Crippen LogP contribution in [0.1, 0.15) is 11.1 Å². The number of esters is 1. The lowest BCUT2D eigenvalue weighted by Gasteiger charge is -2.32. The van der Waals surface area contributed by atoms with E-state index in [2.05, 4.69) is 22.2 Å². The first-order valence-electron chi connectivity index (χ1n) is 11.3. The van der Waals surface area contributed by atoms with Crippen molar-refractivity contribution in [2.45, 2.75) is 12.5 Å². The van der Waals surface area contributed by atoms with Crippen LogP contribution in [0.25, 0.3) is 6.08 Å². The number of phenolic OH excluding ortho intramolecular Hbond substituents is 4. The van der Waals surface area contributed by atoms with E-state index < -0.39 is 18.0 Å². The van der Waals surface area contributed by atoms with E-state index >= 15 is 0 Å². The molecule has 0 radical (unpaired) electrons. The van der Waals surface area contributed by atoms with Gasteiger partial charge in [0.15, 0.2) is 29.1 Å². The van der Waals surface area contributed by atoms with Gasteiger partial charge in [0.1, 0.15) is 0 Å². The number of piperazine rings is 1. The Morgan fingerprint density at radius 3 is 2.29 bits per heavy atom. The van der Waals surface area contributed by atoms with E-state index in [4.69, 9.17) is 4.74 Å². The molecular formula is C25H31N3O7. The van der Waals surface area contributed by atoms with Gasteiger partial charge in [-0.3, -0.25) is 9.69 Å². The Kier molecular flexibility index (Phi) is 8.93. The topological polar surface area (TPSA) is 143 Å². The van der Waals surface area contributed by atoms with Crippen LogP contribution in [0.4, 0.5) is 0 Å². The van der Waals surface area contributed by atoms with Crippen LogP contribution in [-0.4, -0.2) is 94.5 Å². The quantitative estimate of drug-likeness (QED) is 0.200. The number of nitrogens with zero attached hydrogens (tertiary/aromatic N) is 2. The Hall–Kier alpha value is -3.76. The number of nitrogens with one attached hydrogen (secondary N) is 1. The van der Waals surface area contributed by atoms with E-state index in [1.165, 1.54) is 42.5 Å². The van der Waals surface area contributed by atoms with Gasteiger partial charge < -0.3 is 35.4 Å². The fourth-order valence-electron chi connectivity index (χ4n) is 3.61. The average Bonchev–Trinajstić information content (AvgIpc) is 2.83. The van der Waals surface area contributed by atoms with E-state index in [1.807, 2.05) is 0 Å². The number of carbonyl (C=O) groups excluding carboxylic acids is 2. The fraction of sp³-hybridized carbons (Fsp3) is 0.360. The largest absolute Gasteiger partial charge is 0.504 e. The zero-order valence-electron chi connectivity index (χ0n) is 19.6. The molecule has 1 fully saturated rings. The minimum Gasteiger partial charge on any atom is -0.504 e. The highest BCUT2D eigenvalue weighted by atomic mass is 16.5. The summed E-state index contributed by atoms with van der Waals surface area (Å²) in [6.07, 6.45) is 1.33. The van der Waals surface area contributed by atoms with E-state index in [0.29, 0.717) is 24.2 Å². The number of aromatic hydroxyl groups is 4. The number of amides is 1. The summed E-state index contributed by atoms with van der Waals surface area (Å²) in [5, 5.41) is 41.1. The van der Waals surface area contributed by atoms with Gasteiger partial charge in [-0.25, -0.2) is 4.79 Å². The molecule has 3 rings (SSSR count). The lowest BCUT2D eigenvalue weighted by molar-refractivity contribution is -0.151. The zero-order chi connectivity index (χ0) is 25.4. The predicted octanol–water partition coefficient (Wildman–Crippen LogP) is 1.04. The van der Waals surface area contributed by atoms with E-state index in [9.17, 15) is 30.0 Å². The number of likely N-dealkylation sites (N-methyl/N-ethyl adjacent to an activating group) is 1. The highest BCUT2D eigenvalue weighted by Gasteiger charge is 2.23. The van der Waals surface area contributed by atoms with Crippen LogP contribution in [0.3, 0.4) is 0 Å². The third kappa shape index (κ3) is 7.90. The first-order chi connectivity index (χ1) is 16.7. The molecule has 0 spiro atoms. The molecule has 35 heavy (non-hydrogen) atoms. The first kappa shape index (κ1) is 25.9. The molecule has 1 heterocycles. The number of benzene rings is 2. The van der Waals surface area contributed by atoms with E-state index in [0.717, 1.165) is 32.3 Å². The molecule has 2 aromatic carbocycles. The molecule has 1 aliphatic rings. The molecule has 1 atom stereocenters. The van der Waals surface area contributed by atoms with Crippen molar-refractivity contribution in [3.05, 3.63) is 53.6 Å². The summed E-state index contributed by atoms with van der Waals surface area (Å²) in [7, 11) is 2.07. The van der Waals surface area contributed by atoms with Crippen molar-refractivity contribution in [1.29, 1.82) is 0 Å². The first-order valence-corrected chi connectivity index (χ1v) is 11.3. The average molecular weight is 486 g/mol. The second-order valence-corrected chi connectivity index (χ2v) is 8.47. The van der Waals surface area contributed by atoms with Gasteiger partial charge >= 0.3 is 5.97 Å². The summed E-state index contributed by atoms with van der Waals surface area (Å²) >= 11 is 0. The Bertz CT molecular complexity index is 1070. The van der Waals surface area contributed by atoms with Crippen molar-refractivity contribution in [3.63, 3.8) is 0 Å². The van der Waals surface area contributed by atoms with E-state index in [-0.39, 0.29) is 29.4 Å². The van der Waals surface area contributed by atoms with Crippen molar-refractivity contribution in [2.75, 3.05) is 46.3 Å². The monoisotopic (exact) mass is 485 g/mol. The summed E-state index contributed by atoms with van der Waals surface area (Å²) in [4.78, 5) is 29.8. The number of hydrogen-bond donors (Lipinski definition) is 5. The van der Waals surface area contributed by atoms with Crippen LogP contribution in [-0.2, 0) is 20.7 Å². The third-order valence-corrected chi connectivity index (χ3v) is 5.75. The number of hydrogen-bond acceptors (Lipinski definition) is 9. The number of rotatable bonds is 9. The number of phenols is 4. The second-order valence-electron chi connectivity index (χ2n) is 8.47. The van der Waals surface area contributed by atoms with Crippen LogP contribution in [0.2, 0.25) is 0 Å². The maximum absolute atomic E-state index is 12.9. The molecule has 1 saturated heterocycles. The molecule has 10 nitrogen and oxygen atoms in total. The number of ether oxygens (including phenoxy) is 1. The maximum Gasteiger partial charge on any atom is 0.331 e. The van der Waals surface area contributed by atoms with Gasteiger partial charge in [0, 0.05) is 51.8 Å². The molecule has 0 bridgehead atoms. The van der Waals surface area contributed by atoms with Crippen molar-refractivity contribution in [3.8, 4) is 23.0 Å². The minimum absolute atomic E-state index is 0.00619. The summed E-state index contributed by atoms with van der Waals surface area (Å²) in [5.74, 6) is -2.50. The van der Waals surface area contributed by atoms with Crippen LogP contribution in [0.5, 0.6) is 23.0 Å². The summed E-state index contributed by atoms with van der Waals surface area (Å²) in [6, 6.07) is 8.20. The predicted molar refractivity (Wildman–Crippen MR) is 129 cm³/mol. The summed E-state index contributed by atoms with van der Waals surface area (Å²) in [6.45, 7) is 4.81. The van der Waals surface area contributed by atoms with Crippen LogP contribution in [0.15, 0.2) is 42.5 Å². The van der Waals surface area contributed by atoms with Gasteiger partial charge in [0.05, 0.1) is 0 Å². The lowest BCUT2D eigenvalue weighted by atomic mass is 10.1. The molecular weight excluding hydrogens is 454 g/mol. The molecule has 0 saturated carbocycles. The van der Waals surface area contributed by atoms with Crippen LogP contribution in [0, 0.1) is 0 Å². The van der Waals surface area contributed by atoms with Gasteiger partial charge in [0.2, 0.25) is 0 Å². The molecule has 0 unspecified atom stereocenters. The van der Waals surface area contributed by atoms with E-state index in [1.54, 1.807) is 0 Å². The van der Waals surface area contributed by atoms with Gasteiger partial charge in [0.25, 0.3) is 5.91 Å². The normalized spacial score (nSPS) is 15.7.